The molecule has 1 amide bonds. The summed E-state index contributed by atoms with van der Waals surface area (Å²) >= 11 is 0. The molecule has 1 aromatic heterocycles. The lowest BCUT2D eigenvalue weighted by molar-refractivity contribution is -0.137. The number of nitrogens with two attached hydrogens (primary N) is 1. The quantitative estimate of drug-likeness (QED) is 0.616. The molecule has 1 aromatic carbocycles. The minimum Gasteiger partial charge on any atom is -0.480 e. The number of hydrogen-bond acceptors (Lipinski definition) is 8. The number of anilines is 3. The number of carbonyl (C=O) groups is 1. The normalized spacial score (nSPS) is 12.2. The van der Waals surface area contributed by atoms with E-state index in [4.69, 9.17) is 10.5 Å². The van der Waals surface area contributed by atoms with E-state index in [9.17, 15) is 23.2 Å². The summed E-state index contributed by atoms with van der Waals surface area (Å²) in [7, 11) is 4.67. The van der Waals surface area contributed by atoms with Gasteiger partial charge in [0.25, 0.3) is 0 Å². The van der Waals surface area contributed by atoms with Crippen LogP contribution in [-0.2, 0) is 11.0 Å². The van der Waals surface area contributed by atoms with Crippen molar-refractivity contribution < 1.29 is 22.7 Å². The fourth-order valence-corrected chi connectivity index (χ4v) is 2.55. The first-order valence-corrected chi connectivity index (χ1v) is 8.56. The Labute approximate surface area is 170 Å². The van der Waals surface area contributed by atoms with Crippen molar-refractivity contribution >= 4 is 23.4 Å². The van der Waals surface area contributed by atoms with E-state index >= 15 is 0 Å². The second kappa shape index (κ2) is 9.27. The first kappa shape index (κ1) is 22.7. The third-order valence-corrected chi connectivity index (χ3v) is 3.83. The van der Waals surface area contributed by atoms with Crippen LogP contribution in [0.5, 0.6) is 5.88 Å². The van der Waals surface area contributed by atoms with Gasteiger partial charge in [0.05, 0.1) is 12.7 Å². The molecule has 4 N–H and O–H groups in total. The number of benzene rings is 1. The van der Waals surface area contributed by atoms with Gasteiger partial charge in [-0.05, 0) is 32.3 Å². The van der Waals surface area contributed by atoms with Crippen molar-refractivity contribution in [1.82, 2.24) is 14.9 Å². The Hall–Kier alpha value is -3.59. The largest absolute Gasteiger partial charge is 0.480 e. The van der Waals surface area contributed by atoms with E-state index in [-0.39, 0.29) is 35.4 Å². The van der Waals surface area contributed by atoms with Gasteiger partial charge in [-0.15, -0.1) is 0 Å². The molecule has 9 nitrogen and oxygen atoms in total. The molecule has 0 radical (unpaired) electrons. The van der Waals surface area contributed by atoms with Crippen LogP contribution in [-0.4, -0.2) is 54.6 Å². The van der Waals surface area contributed by atoms with Crippen LogP contribution in [0.4, 0.5) is 30.6 Å². The van der Waals surface area contributed by atoms with Gasteiger partial charge in [-0.1, -0.05) is 6.07 Å². The molecule has 0 spiro atoms. The van der Waals surface area contributed by atoms with Crippen LogP contribution < -0.4 is 21.1 Å². The molecule has 0 bridgehead atoms. The predicted molar refractivity (Wildman–Crippen MR) is 104 cm³/mol. The van der Waals surface area contributed by atoms with Crippen molar-refractivity contribution in [2.45, 2.75) is 12.2 Å². The molecule has 160 valence electrons. The topological polar surface area (TPSA) is 129 Å². The molecule has 30 heavy (non-hydrogen) atoms. The highest BCUT2D eigenvalue weighted by Crippen LogP contribution is 2.31. The highest BCUT2D eigenvalue weighted by atomic mass is 19.4. The van der Waals surface area contributed by atoms with E-state index in [1.54, 1.807) is 19.0 Å². The van der Waals surface area contributed by atoms with Crippen LogP contribution in [0.15, 0.2) is 24.3 Å². The Balaban J connectivity index is 2.32. The third-order valence-electron chi connectivity index (χ3n) is 3.83. The fourth-order valence-electron chi connectivity index (χ4n) is 2.55. The molecule has 12 heteroatoms. The van der Waals surface area contributed by atoms with Crippen LogP contribution in [0.1, 0.15) is 11.1 Å². The highest BCUT2D eigenvalue weighted by Gasteiger charge is 2.31. The number of methoxy groups -OCH3 is 1. The molecular formula is C18H20F3N7O2. The number of hydrogen-bond donors (Lipinski definition) is 3. The number of alkyl halides is 3. The average molecular weight is 423 g/mol. The molecule has 0 saturated heterocycles. The number of nitriles is 1. The van der Waals surface area contributed by atoms with Crippen LogP contribution in [0.2, 0.25) is 0 Å². The monoisotopic (exact) mass is 423 g/mol. The van der Waals surface area contributed by atoms with Crippen LogP contribution in [0.25, 0.3) is 0 Å². The van der Waals surface area contributed by atoms with Crippen molar-refractivity contribution in [2.24, 2.45) is 0 Å². The van der Waals surface area contributed by atoms with Gasteiger partial charge in [0.1, 0.15) is 12.1 Å². The van der Waals surface area contributed by atoms with Gasteiger partial charge < -0.3 is 26.0 Å². The summed E-state index contributed by atoms with van der Waals surface area (Å²) in [5.41, 5.74) is 4.70. The van der Waals surface area contributed by atoms with Crippen LogP contribution >= 0.6 is 0 Å². The SMILES string of the molecule is COc1nc(N)nc(NC(=O)[C@H](CN(C)C)Nc2cccc(C(F)(F)F)c2)c1C#N. The summed E-state index contributed by atoms with van der Waals surface area (Å²) in [6, 6.07) is 5.34. The molecular weight excluding hydrogens is 403 g/mol. The smallest absolute Gasteiger partial charge is 0.416 e. The number of aromatic nitrogens is 2. The lowest BCUT2D eigenvalue weighted by atomic mass is 10.1. The summed E-state index contributed by atoms with van der Waals surface area (Å²) < 4.78 is 43.9. The van der Waals surface area contributed by atoms with Gasteiger partial charge in [-0.25, -0.2) is 0 Å². The van der Waals surface area contributed by atoms with Gasteiger partial charge >= 0.3 is 6.18 Å². The molecule has 0 aliphatic rings. The van der Waals surface area contributed by atoms with E-state index in [0.29, 0.717) is 0 Å². The Morgan fingerprint density at radius 3 is 2.63 bits per heavy atom. The van der Waals surface area contributed by atoms with E-state index < -0.39 is 23.7 Å². The first-order valence-electron chi connectivity index (χ1n) is 8.56. The van der Waals surface area contributed by atoms with Crippen molar-refractivity contribution in [1.29, 1.82) is 5.26 Å². The average Bonchev–Trinajstić information content (AvgIpc) is 2.66. The fraction of sp³-hybridized carbons (Fsp3) is 0.333. The minimum absolute atomic E-state index is 0.104. The van der Waals surface area contributed by atoms with E-state index in [0.717, 1.165) is 12.1 Å². The maximum Gasteiger partial charge on any atom is 0.416 e. The second-order valence-electron chi connectivity index (χ2n) is 6.45. The predicted octanol–water partition coefficient (Wildman–Crippen LogP) is 1.94. The Bertz CT molecular complexity index is 958. The molecule has 0 unspecified atom stereocenters. The Morgan fingerprint density at radius 2 is 2.07 bits per heavy atom. The molecule has 1 heterocycles. The number of carbonyl (C=O) groups excluding carboxylic acids is 1. The third kappa shape index (κ3) is 5.71. The van der Waals surface area contributed by atoms with Gasteiger partial charge in [0, 0.05) is 12.2 Å². The van der Waals surface area contributed by atoms with E-state index in [1.165, 1.54) is 19.2 Å². The number of rotatable bonds is 7. The molecule has 2 aromatic rings. The van der Waals surface area contributed by atoms with Crippen LogP contribution in [0.3, 0.4) is 0 Å². The van der Waals surface area contributed by atoms with Gasteiger partial charge in [-0.3, -0.25) is 4.79 Å². The summed E-state index contributed by atoms with van der Waals surface area (Å²) in [6.07, 6.45) is -4.52. The number of ether oxygens (including phenoxy) is 1. The Kier molecular flexibility index (Phi) is 7.01. The molecule has 2 rings (SSSR count). The number of amides is 1. The molecule has 1 atom stereocenters. The molecule has 0 aliphatic carbocycles. The summed E-state index contributed by atoms with van der Waals surface area (Å²) in [6.45, 7) is 0.141. The standard InChI is InChI=1S/C18H20F3N7O2/c1-28(2)9-13(24-11-6-4-5-10(7-11)18(19,20)21)15(29)25-14-12(8-22)16(30-3)27-17(23)26-14/h4-7,13,24H,9H2,1-3H3,(H3,23,25,26,27,29)/t13-/m0/s1. The zero-order valence-corrected chi connectivity index (χ0v) is 16.4. The zero-order valence-electron chi connectivity index (χ0n) is 16.4. The lowest BCUT2D eigenvalue weighted by Gasteiger charge is -2.23. The summed E-state index contributed by atoms with van der Waals surface area (Å²) in [4.78, 5) is 22.1. The van der Waals surface area contributed by atoms with Crippen molar-refractivity contribution in [3.05, 3.63) is 35.4 Å². The van der Waals surface area contributed by atoms with Crippen molar-refractivity contribution in [3.8, 4) is 11.9 Å². The lowest BCUT2D eigenvalue weighted by Crippen LogP contribution is -2.42. The second-order valence-corrected chi connectivity index (χ2v) is 6.45. The number of halogens is 3. The van der Waals surface area contributed by atoms with E-state index in [1.807, 2.05) is 6.07 Å². The van der Waals surface area contributed by atoms with Crippen LogP contribution in [0, 0.1) is 11.3 Å². The summed E-state index contributed by atoms with van der Waals surface area (Å²) in [5.74, 6) is -1.15. The van der Waals surface area contributed by atoms with Gasteiger partial charge in [0.2, 0.25) is 17.7 Å². The zero-order chi connectivity index (χ0) is 22.5. The molecule has 0 aliphatic heterocycles. The first-order chi connectivity index (χ1) is 14.0. The van der Waals surface area contributed by atoms with Gasteiger partial charge in [-0.2, -0.15) is 28.4 Å². The number of nitrogens with one attached hydrogen (secondary N) is 2. The maximum absolute atomic E-state index is 13.0. The molecule has 0 fully saturated rings. The number of likely N-dealkylation sites (N-methyl/N-ethyl adjacent to an activating group) is 1. The summed E-state index contributed by atoms with van der Waals surface area (Å²) in [5, 5.41) is 14.6. The number of nitrogen functional groups attached to an aromatic ring is 1. The molecule has 0 saturated carbocycles. The maximum atomic E-state index is 13.0. The minimum atomic E-state index is -4.52. The highest BCUT2D eigenvalue weighted by molar-refractivity contribution is 5.97. The van der Waals surface area contributed by atoms with Gasteiger partial charge in [0.15, 0.2) is 11.4 Å². The van der Waals surface area contributed by atoms with E-state index in [2.05, 4.69) is 20.6 Å². The Morgan fingerprint density at radius 1 is 1.37 bits per heavy atom. The van der Waals surface area contributed by atoms with Crippen molar-refractivity contribution in [3.63, 3.8) is 0 Å². The van der Waals surface area contributed by atoms with Crippen molar-refractivity contribution in [2.75, 3.05) is 44.1 Å². The number of nitrogens with zero attached hydrogens (tertiary/aromatic N) is 4.